The number of carboxylic acids is 1. The number of esters is 1. The summed E-state index contributed by atoms with van der Waals surface area (Å²) in [7, 11) is -6.97. The van der Waals surface area contributed by atoms with E-state index in [0.29, 0.717) is 12.8 Å². The molecule has 12 heteroatoms. The fourth-order valence-corrected chi connectivity index (χ4v) is 1.37. The molecule has 0 fully saturated rings. The van der Waals surface area contributed by atoms with Gasteiger partial charge >= 0.3 is 27.1 Å². The van der Waals surface area contributed by atoms with Crippen molar-refractivity contribution in [2.24, 2.45) is 0 Å². The molecule has 10 nitrogen and oxygen atoms in total. The van der Waals surface area contributed by atoms with E-state index in [9.17, 15) is 14.2 Å². The Kier molecular flexibility index (Phi) is 9.39. The molecule has 0 radical (unpaired) electrons. The van der Waals surface area contributed by atoms with E-state index in [-0.39, 0.29) is 26.1 Å². The van der Waals surface area contributed by atoms with Crippen LogP contribution in [0.3, 0.4) is 0 Å². The Morgan fingerprint density at radius 2 is 1.70 bits per heavy atom. The molecule has 4 N–H and O–H groups in total. The number of rotatable bonds is 11. The van der Waals surface area contributed by atoms with E-state index in [0.717, 1.165) is 0 Å². The minimum Gasteiger partial charge on any atom is -0.481 e. The molecule has 0 heterocycles. The molecule has 0 atom stereocenters. The van der Waals surface area contributed by atoms with Gasteiger partial charge in [0, 0.05) is 12.8 Å². The van der Waals surface area contributed by atoms with Crippen LogP contribution >= 0.6 is 7.82 Å². The van der Waals surface area contributed by atoms with E-state index in [1.54, 1.807) is 0 Å². The number of carbonyl (C=O) groups excluding carboxylic acids is 1. The van der Waals surface area contributed by atoms with Crippen molar-refractivity contribution in [1.82, 2.24) is 0 Å². The van der Waals surface area contributed by atoms with Crippen LogP contribution in [-0.4, -0.2) is 52.4 Å². The average Bonchev–Trinajstić information content (AvgIpc) is 2.28. The van der Waals surface area contributed by atoms with Gasteiger partial charge in [-0.25, -0.2) is 4.57 Å². The van der Waals surface area contributed by atoms with Crippen LogP contribution in [0.4, 0.5) is 0 Å². The first-order valence-corrected chi connectivity index (χ1v) is 7.15. The van der Waals surface area contributed by atoms with Gasteiger partial charge < -0.3 is 29.3 Å². The Morgan fingerprint density at radius 3 is 2.25 bits per heavy atom. The standard InChI is InChI=1S/C8H16BO10P/c10-7(11)3-1-2-4-8(12)17-5-6-18-9(13)19-20(14,15)16/h13H,1-6H2,(H,10,11)(H2,14,15,16). The summed E-state index contributed by atoms with van der Waals surface area (Å²) in [4.78, 5) is 37.9. The third kappa shape index (κ3) is 13.5. The Labute approximate surface area is 115 Å². The number of hydrogen-bond donors (Lipinski definition) is 4. The van der Waals surface area contributed by atoms with Gasteiger partial charge in [-0.05, 0) is 12.8 Å². The van der Waals surface area contributed by atoms with Gasteiger partial charge in [-0.3, -0.25) is 14.0 Å². The van der Waals surface area contributed by atoms with Crippen LogP contribution in [0.25, 0.3) is 0 Å². The summed E-state index contributed by atoms with van der Waals surface area (Å²) in [5.74, 6) is -1.50. The normalized spacial score (nSPS) is 11.2. The summed E-state index contributed by atoms with van der Waals surface area (Å²) in [6.07, 6.45) is 0.753. The van der Waals surface area contributed by atoms with Crippen LogP contribution in [0.1, 0.15) is 25.7 Å². The Balaban J connectivity index is 3.52. The first-order valence-electron chi connectivity index (χ1n) is 5.62. The molecule has 0 aromatic heterocycles. The molecule has 0 saturated carbocycles. The number of carbonyl (C=O) groups is 2. The maximum absolute atomic E-state index is 11.1. The van der Waals surface area contributed by atoms with Gasteiger partial charge in [-0.15, -0.1) is 0 Å². The molecule has 0 aliphatic carbocycles. The summed E-state index contributed by atoms with van der Waals surface area (Å²) in [6, 6.07) is 0. The predicted molar refractivity (Wildman–Crippen MR) is 64.1 cm³/mol. The van der Waals surface area contributed by atoms with Crippen LogP contribution in [0.2, 0.25) is 0 Å². The van der Waals surface area contributed by atoms with Gasteiger partial charge in [-0.2, -0.15) is 0 Å². The Bertz CT molecular complexity index is 355. The summed E-state index contributed by atoms with van der Waals surface area (Å²) in [6.45, 7) is -0.554. The topological polar surface area (TPSA) is 160 Å². The molecule has 0 amide bonds. The molecular formula is C8H16BO10P. The van der Waals surface area contributed by atoms with Gasteiger partial charge in [0.2, 0.25) is 0 Å². The monoisotopic (exact) mass is 314 g/mol. The SMILES string of the molecule is O=C(O)CCCCC(=O)OCCOB(O)OP(=O)(O)O. The first kappa shape index (κ1) is 19.0. The van der Waals surface area contributed by atoms with E-state index >= 15 is 0 Å². The minimum absolute atomic E-state index is 0.0255. The second kappa shape index (κ2) is 9.86. The van der Waals surface area contributed by atoms with Crippen molar-refractivity contribution in [3.8, 4) is 0 Å². The smallest absolute Gasteiger partial charge is 0.481 e. The van der Waals surface area contributed by atoms with Crippen LogP contribution in [0.15, 0.2) is 0 Å². The number of phosphoric acid groups is 1. The minimum atomic E-state index is -4.85. The third-order valence-electron chi connectivity index (χ3n) is 1.86. The number of ether oxygens (including phenoxy) is 1. The molecule has 0 spiro atoms. The van der Waals surface area contributed by atoms with Crippen molar-refractivity contribution < 1.29 is 47.9 Å². The van der Waals surface area contributed by atoms with E-state index in [4.69, 9.17) is 19.9 Å². The molecule has 20 heavy (non-hydrogen) atoms. The van der Waals surface area contributed by atoms with Gasteiger partial charge in [0.15, 0.2) is 0 Å². The van der Waals surface area contributed by atoms with E-state index in [1.165, 1.54) is 0 Å². The summed E-state index contributed by atoms with van der Waals surface area (Å²) < 4.78 is 23.1. The van der Waals surface area contributed by atoms with Crippen molar-refractivity contribution in [1.29, 1.82) is 0 Å². The van der Waals surface area contributed by atoms with Crippen LogP contribution in [0, 0.1) is 0 Å². The van der Waals surface area contributed by atoms with Gasteiger partial charge in [0.05, 0.1) is 6.61 Å². The van der Waals surface area contributed by atoms with E-state index < -0.39 is 27.1 Å². The number of aliphatic carboxylic acids is 1. The zero-order valence-electron chi connectivity index (χ0n) is 10.5. The summed E-state index contributed by atoms with van der Waals surface area (Å²) >= 11 is 0. The predicted octanol–water partition coefficient (Wildman–Crippen LogP) is -0.722. The van der Waals surface area contributed by atoms with Crippen LogP contribution < -0.4 is 0 Å². The molecular weight excluding hydrogens is 298 g/mol. The van der Waals surface area contributed by atoms with Crippen molar-refractivity contribution in [3.05, 3.63) is 0 Å². The Morgan fingerprint density at radius 1 is 1.10 bits per heavy atom. The lowest BCUT2D eigenvalue weighted by Crippen LogP contribution is -2.24. The zero-order valence-corrected chi connectivity index (χ0v) is 11.4. The second-order valence-corrected chi connectivity index (χ2v) is 4.79. The highest BCUT2D eigenvalue weighted by Gasteiger charge is 2.27. The Hall–Kier alpha value is -0.965. The van der Waals surface area contributed by atoms with Crippen LogP contribution in [0.5, 0.6) is 0 Å². The summed E-state index contributed by atoms with van der Waals surface area (Å²) in [5.41, 5.74) is 0. The molecule has 0 unspecified atom stereocenters. The lowest BCUT2D eigenvalue weighted by molar-refractivity contribution is -0.145. The molecule has 0 aliphatic heterocycles. The number of carboxylic acid groups (broad SMARTS) is 1. The van der Waals surface area contributed by atoms with E-state index in [2.05, 4.69) is 13.8 Å². The second-order valence-electron chi connectivity index (χ2n) is 3.60. The maximum atomic E-state index is 11.1. The molecule has 0 bridgehead atoms. The highest BCUT2D eigenvalue weighted by Crippen LogP contribution is 2.36. The highest BCUT2D eigenvalue weighted by molar-refractivity contribution is 7.47. The lowest BCUT2D eigenvalue weighted by atomic mass is 10.2. The fourth-order valence-electron chi connectivity index (χ4n) is 1.07. The molecule has 116 valence electrons. The van der Waals surface area contributed by atoms with Crippen molar-refractivity contribution in [2.45, 2.75) is 25.7 Å². The van der Waals surface area contributed by atoms with Crippen LogP contribution in [-0.2, 0) is 28.0 Å². The van der Waals surface area contributed by atoms with Crippen molar-refractivity contribution >= 4 is 27.1 Å². The largest absolute Gasteiger partial charge is 0.645 e. The maximum Gasteiger partial charge on any atom is 0.645 e. The highest BCUT2D eigenvalue weighted by atomic mass is 31.2. The summed E-state index contributed by atoms with van der Waals surface area (Å²) in [5, 5.41) is 17.2. The first-order chi connectivity index (χ1) is 9.20. The fraction of sp³-hybridized carbons (Fsp3) is 0.750. The van der Waals surface area contributed by atoms with Gasteiger partial charge in [0.25, 0.3) is 0 Å². The lowest BCUT2D eigenvalue weighted by Gasteiger charge is -2.09. The third-order valence-corrected chi connectivity index (χ3v) is 2.31. The van der Waals surface area contributed by atoms with E-state index in [1.807, 2.05) is 0 Å². The number of unbranched alkanes of at least 4 members (excludes halogenated alkanes) is 1. The molecule has 0 aromatic rings. The average molecular weight is 314 g/mol. The van der Waals surface area contributed by atoms with Gasteiger partial charge in [-0.1, -0.05) is 0 Å². The quantitative estimate of drug-likeness (QED) is 0.166. The zero-order chi connectivity index (χ0) is 15.6. The van der Waals surface area contributed by atoms with Crippen molar-refractivity contribution in [2.75, 3.05) is 13.2 Å². The number of hydrogen-bond acceptors (Lipinski definition) is 7. The molecule has 0 aromatic carbocycles. The molecule has 0 rings (SSSR count). The van der Waals surface area contributed by atoms with Crippen molar-refractivity contribution in [3.63, 3.8) is 0 Å². The van der Waals surface area contributed by atoms with Gasteiger partial charge in [0.1, 0.15) is 6.61 Å². The molecule has 0 aliphatic rings. The molecule has 0 saturated heterocycles.